The zero-order chi connectivity index (χ0) is 11.5. The first-order valence-corrected chi connectivity index (χ1v) is 4.82. The molecule has 3 N–H and O–H groups in total. The highest BCUT2D eigenvalue weighted by Crippen LogP contribution is 2.27. The number of hydrogen-bond acceptors (Lipinski definition) is 3. The normalized spacial score (nSPS) is 12.4. The van der Waals surface area contributed by atoms with Crippen LogP contribution in [0.5, 0.6) is 0 Å². The van der Waals surface area contributed by atoms with Crippen LogP contribution < -0.4 is 5.73 Å². The summed E-state index contributed by atoms with van der Waals surface area (Å²) < 4.78 is 13.4. The summed E-state index contributed by atoms with van der Waals surface area (Å²) in [6, 6.07) is 8.27. The van der Waals surface area contributed by atoms with Crippen LogP contribution in [0.2, 0.25) is 0 Å². The lowest BCUT2D eigenvalue weighted by atomic mass is 10.0. The van der Waals surface area contributed by atoms with Gasteiger partial charge in [0.2, 0.25) is 0 Å². The Bertz CT molecular complexity index is 456. The molecule has 0 saturated heterocycles. The molecule has 82 valence electrons. The number of nitrogens with zero attached hydrogens (tertiary/aromatic N) is 1. The van der Waals surface area contributed by atoms with Crippen molar-refractivity contribution in [2.75, 3.05) is 5.73 Å². The van der Waals surface area contributed by atoms with E-state index in [0.29, 0.717) is 11.3 Å². The van der Waals surface area contributed by atoms with E-state index < -0.39 is 11.9 Å². The topological polar surface area (TPSA) is 59.1 Å². The largest absolute Gasteiger partial charge is 0.398 e. The van der Waals surface area contributed by atoms with Crippen molar-refractivity contribution in [2.45, 2.75) is 6.10 Å². The number of benzene rings is 1. The quantitative estimate of drug-likeness (QED) is 0.757. The molecule has 0 fully saturated rings. The molecule has 0 aliphatic rings. The highest BCUT2D eigenvalue weighted by Gasteiger charge is 2.16. The molecule has 1 atom stereocenters. The Morgan fingerprint density at radius 1 is 1.19 bits per heavy atom. The fourth-order valence-corrected chi connectivity index (χ4v) is 1.54. The molecule has 1 aromatic carbocycles. The van der Waals surface area contributed by atoms with Crippen molar-refractivity contribution in [3.8, 4) is 0 Å². The highest BCUT2D eigenvalue weighted by atomic mass is 19.1. The fraction of sp³-hybridized carbons (Fsp3) is 0.0833. The molecule has 0 spiro atoms. The maximum absolute atomic E-state index is 13.4. The number of hydrogen-bond donors (Lipinski definition) is 2. The van der Waals surface area contributed by atoms with Gasteiger partial charge in [-0.2, -0.15) is 0 Å². The van der Waals surface area contributed by atoms with Crippen LogP contribution in [0.4, 0.5) is 10.1 Å². The van der Waals surface area contributed by atoms with Gasteiger partial charge in [0, 0.05) is 23.0 Å². The van der Waals surface area contributed by atoms with E-state index in [9.17, 15) is 9.50 Å². The molecule has 4 heteroatoms. The molecule has 2 rings (SSSR count). The van der Waals surface area contributed by atoms with Gasteiger partial charge in [0.05, 0.1) is 6.20 Å². The summed E-state index contributed by atoms with van der Waals surface area (Å²) >= 11 is 0. The summed E-state index contributed by atoms with van der Waals surface area (Å²) in [6.45, 7) is 0. The molecule has 0 amide bonds. The Balaban J connectivity index is 2.44. The van der Waals surface area contributed by atoms with Crippen molar-refractivity contribution >= 4 is 5.69 Å². The van der Waals surface area contributed by atoms with Gasteiger partial charge in [-0.3, -0.25) is 4.98 Å². The number of nitrogen functional groups attached to an aromatic ring is 1. The number of nitrogens with two attached hydrogens (primary N) is 1. The van der Waals surface area contributed by atoms with Gasteiger partial charge >= 0.3 is 0 Å². The molecular formula is C12H11FN2O. The summed E-state index contributed by atoms with van der Waals surface area (Å²) in [7, 11) is 0. The summed E-state index contributed by atoms with van der Waals surface area (Å²) in [5.74, 6) is -0.543. The van der Waals surface area contributed by atoms with Crippen LogP contribution in [0.1, 0.15) is 17.2 Å². The van der Waals surface area contributed by atoms with E-state index in [4.69, 9.17) is 5.73 Å². The van der Waals surface area contributed by atoms with Crippen LogP contribution in [0.15, 0.2) is 42.7 Å². The number of aliphatic hydroxyl groups excluding tert-OH is 1. The molecule has 0 bridgehead atoms. The predicted molar refractivity (Wildman–Crippen MR) is 59.1 cm³/mol. The van der Waals surface area contributed by atoms with Crippen molar-refractivity contribution < 1.29 is 9.50 Å². The number of aromatic nitrogens is 1. The fourth-order valence-electron chi connectivity index (χ4n) is 1.54. The van der Waals surface area contributed by atoms with Gasteiger partial charge in [0.15, 0.2) is 0 Å². The molecule has 0 saturated carbocycles. The molecule has 1 aromatic heterocycles. The van der Waals surface area contributed by atoms with E-state index in [0.717, 1.165) is 6.20 Å². The van der Waals surface area contributed by atoms with Gasteiger partial charge in [0.25, 0.3) is 0 Å². The lowest BCUT2D eigenvalue weighted by Crippen LogP contribution is -2.05. The predicted octanol–water partition coefficient (Wildman–Crippen LogP) is 1.88. The molecule has 1 unspecified atom stereocenters. The van der Waals surface area contributed by atoms with Gasteiger partial charge < -0.3 is 10.8 Å². The minimum absolute atomic E-state index is 0.174. The lowest BCUT2D eigenvalue weighted by molar-refractivity contribution is 0.215. The Morgan fingerprint density at radius 3 is 2.62 bits per heavy atom. The van der Waals surface area contributed by atoms with E-state index in [2.05, 4.69) is 4.98 Å². The zero-order valence-corrected chi connectivity index (χ0v) is 8.47. The van der Waals surface area contributed by atoms with E-state index >= 15 is 0 Å². The van der Waals surface area contributed by atoms with E-state index in [1.54, 1.807) is 24.3 Å². The number of pyridine rings is 1. The van der Waals surface area contributed by atoms with E-state index in [1.807, 2.05) is 0 Å². The number of aliphatic hydroxyl groups is 1. The molecule has 16 heavy (non-hydrogen) atoms. The Morgan fingerprint density at radius 2 is 1.94 bits per heavy atom. The van der Waals surface area contributed by atoms with E-state index in [-0.39, 0.29) is 5.56 Å². The lowest BCUT2D eigenvalue weighted by Gasteiger charge is -2.13. The highest BCUT2D eigenvalue weighted by molar-refractivity contribution is 5.50. The van der Waals surface area contributed by atoms with Gasteiger partial charge in [-0.15, -0.1) is 0 Å². The average molecular weight is 218 g/mol. The summed E-state index contributed by atoms with van der Waals surface area (Å²) in [4.78, 5) is 3.63. The summed E-state index contributed by atoms with van der Waals surface area (Å²) in [6.07, 6.45) is 1.43. The van der Waals surface area contributed by atoms with Crippen molar-refractivity contribution in [3.63, 3.8) is 0 Å². The smallest absolute Gasteiger partial charge is 0.147 e. The molecule has 1 heterocycles. The Kier molecular flexibility index (Phi) is 2.83. The second-order valence-corrected chi connectivity index (χ2v) is 3.43. The second kappa shape index (κ2) is 4.28. The van der Waals surface area contributed by atoms with Gasteiger partial charge in [-0.25, -0.2) is 4.39 Å². The van der Waals surface area contributed by atoms with Crippen LogP contribution in [0.3, 0.4) is 0 Å². The van der Waals surface area contributed by atoms with Crippen LogP contribution in [0, 0.1) is 5.82 Å². The Labute approximate surface area is 92.4 Å². The van der Waals surface area contributed by atoms with Gasteiger partial charge in [-0.05, 0) is 12.1 Å². The molecule has 2 aromatic rings. The summed E-state index contributed by atoms with van der Waals surface area (Å²) in [5.41, 5.74) is 6.81. The number of anilines is 1. The number of rotatable bonds is 2. The molecule has 0 radical (unpaired) electrons. The molecule has 0 aliphatic carbocycles. The van der Waals surface area contributed by atoms with E-state index in [1.165, 1.54) is 12.3 Å². The van der Waals surface area contributed by atoms with Crippen molar-refractivity contribution in [1.29, 1.82) is 0 Å². The van der Waals surface area contributed by atoms with Gasteiger partial charge in [-0.1, -0.05) is 18.2 Å². The number of halogens is 1. The molecule has 0 aliphatic heterocycles. The summed E-state index contributed by atoms with van der Waals surface area (Å²) in [5, 5.41) is 10.0. The third kappa shape index (κ3) is 1.87. The molecular weight excluding hydrogens is 207 g/mol. The minimum Gasteiger partial charge on any atom is -0.398 e. The third-order valence-corrected chi connectivity index (χ3v) is 2.39. The van der Waals surface area contributed by atoms with Crippen molar-refractivity contribution in [3.05, 3.63) is 59.7 Å². The van der Waals surface area contributed by atoms with Crippen LogP contribution in [-0.4, -0.2) is 10.1 Å². The zero-order valence-electron chi connectivity index (χ0n) is 8.47. The van der Waals surface area contributed by atoms with Gasteiger partial charge in [0.1, 0.15) is 11.9 Å². The van der Waals surface area contributed by atoms with Crippen LogP contribution in [-0.2, 0) is 0 Å². The van der Waals surface area contributed by atoms with Crippen molar-refractivity contribution in [2.24, 2.45) is 0 Å². The first kappa shape index (κ1) is 10.6. The SMILES string of the molecule is Nc1ccccc1C(O)c1ccncc1F. The standard InChI is InChI=1S/C12H11FN2O/c13-10-7-15-6-5-8(10)12(16)9-3-1-2-4-11(9)14/h1-7,12,16H,14H2. The Hall–Kier alpha value is -1.94. The van der Waals surface area contributed by atoms with Crippen LogP contribution in [0.25, 0.3) is 0 Å². The monoisotopic (exact) mass is 218 g/mol. The van der Waals surface area contributed by atoms with Crippen LogP contribution >= 0.6 is 0 Å². The van der Waals surface area contributed by atoms with Crippen molar-refractivity contribution in [1.82, 2.24) is 4.98 Å². The first-order chi connectivity index (χ1) is 7.70. The maximum atomic E-state index is 13.4. The number of para-hydroxylation sites is 1. The molecule has 3 nitrogen and oxygen atoms in total. The first-order valence-electron chi connectivity index (χ1n) is 4.82. The maximum Gasteiger partial charge on any atom is 0.147 e. The minimum atomic E-state index is -1.07. The average Bonchev–Trinajstić information content (AvgIpc) is 2.29. The third-order valence-electron chi connectivity index (χ3n) is 2.39. The second-order valence-electron chi connectivity index (χ2n) is 3.43.